The van der Waals surface area contributed by atoms with Crippen molar-refractivity contribution in [3.63, 3.8) is 0 Å². The molecule has 9 heteroatoms. The van der Waals surface area contributed by atoms with Gasteiger partial charge in [0.1, 0.15) is 0 Å². The largest absolute Gasteiger partial charge is 0.324 e. The molecule has 0 saturated carbocycles. The molecule has 1 aliphatic rings. The molecule has 0 bridgehead atoms. The number of hydrogen-bond donors (Lipinski definition) is 2. The van der Waals surface area contributed by atoms with Crippen LogP contribution in [0, 0.1) is 0 Å². The average Bonchev–Trinajstić information content (AvgIpc) is 2.55. The molecule has 0 radical (unpaired) electrons. The summed E-state index contributed by atoms with van der Waals surface area (Å²) in [6, 6.07) is 10.7. The lowest BCUT2D eigenvalue weighted by atomic mass is 10.1. The Balaban J connectivity index is 1.83. The zero-order valence-corrected chi connectivity index (χ0v) is 15.3. The number of fused-ring (bicyclic) bond motifs is 1. The van der Waals surface area contributed by atoms with E-state index in [-0.39, 0.29) is 16.1 Å². The van der Waals surface area contributed by atoms with E-state index < -0.39 is 15.0 Å². The number of benzene rings is 2. The molecule has 3 rings (SSSR count). The Kier molecular flexibility index (Phi) is 4.77. The molecule has 2 amide bonds. The molecule has 1 unspecified atom stereocenters. The first-order chi connectivity index (χ1) is 11.7. The van der Waals surface area contributed by atoms with Crippen LogP contribution in [0.5, 0.6) is 0 Å². The van der Waals surface area contributed by atoms with Gasteiger partial charge in [-0.25, -0.2) is 8.42 Å². The second kappa shape index (κ2) is 6.70. The van der Waals surface area contributed by atoms with Crippen molar-refractivity contribution in [2.45, 2.75) is 22.0 Å². The topological polar surface area (TPSA) is 92.3 Å². The van der Waals surface area contributed by atoms with Gasteiger partial charge < -0.3 is 10.6 Å². The van der Waals surface area contributed by atoms with Crippen molar-refractivity contribution in [3.8, 4) is 0 Å². The van der Waals surface area contributed by atoms with Crippen LogP contribution in [0.4, 0.5) is 11.4 Å². The molecule has 2 aromatic carbocycles. The van der Waals surface area contributed by atoms with Crippen LogP contribution in [-0.2, 0) is 13.8 Å². The van der Waals surface area contributed by atoms with Gasteiger partial charge in [0.15, 0.2) is 0 Å². The van der Waals surface area contributed by atoms with E-state index >= 15 is 0 Å². The Bertz CT molecular complexity index is 976. The quantitative estimate of drug-likeness (QED) is 0.776. The van der Waals surface area contributed by atoms with Gasteiger partial charge in [0, 0.05) is 26.8 Å². The number of thioether (sulfide) groups is 1. The maximum atomic E-state index is 12.4. The van der Waals surface area contributed by atoms with Gasteiger partial charge in [-0.05, 0) is 43.3 Å². The molecule has 1 atom stereocenters. The summed E-state index contributed by atoms with van der Waals surface area (Å²) in [5.41, 5.74) is 1.22. The summed E-state index contributed by atoms with van der Waals surface area (Å²) < 4.78 is 22.7. The van der Waals surface area contributed by atoms with E-state index in [4.69, 9.17) is 10.7 Å². The molecule has 1 heterocycles. The van der Waals surface area contributed by atoms with Gasteiger partial charge in [-0.2, -0.15) is 0 Å². The number of amides is 2. The maximum Gasteiger partial charge on any atom is 0.261 e. The average molecular weight is 397 g/mol. The number of hydrogen-bond acceptors (Lipinski definition) is 5. The fourth-order valence-electron chi connectivity index (χ4n) is 2.28. The van der Waals surface area contributed by atoms with E-state index in [2.05, 4.69) is 10.6 Å². The maximum absolute atomic E-state index is 12.4. The lowest BCUT2D eigenvalue weighted by molar-refractivity contribution is -0.115. The lowest BCUT2D eigenvalue weighted by Crippen LogP contribution is -2.26. The van der Waals surface area contributed by atoms with Crippen molar-refractivity contribution in [2.75, 3.05) is 10.6 Å². The Morgan fingerprint density at radius 1 is 1.24 bits per heavy atom. The van der Waals surface area contributed by atoms with Gasteiger partial charge in [-0.1, -0.05) is 6.07 Å². The molecule has 1 aliphatic heterocycles. The zero-order chi connectivity index (χ0) is 18.2. The molecule has 0 fully saturated rings. The van der Waals surface area contributed by atoms with Gasteiger partial charge in [-0.15, -0.1) is 11.8 Å². The zero-order valence-electron chi connectivity index (χ0n) is 12.9. The van der Waals surface area contributed by atoms with Gasteiger partial charge >= 0.3 is 0 Å². The second-order valence-electron chi connectivity index (χ2n) is 5.38. The Morgan fingerprint density at radius 2 is 2.00 bits per heavy atom. The number of halogens is 1. The number of carbonyl (C=O) groups excluding carboxylic acids is 2. The highest BCUT2D eigenvalue weighted by atomic mass is 35.7. The number of anilines is 2. The highest BCUT2D eigenvalue weighted by molar-refractivity contribution is 8.13. The molecule has 0 aliphatic carbocycles. The molecule has 25 heavy (non-hydrogen) atoms. The minimum atomic E-state index is -3.88. The predicted octanol–water partition coefficient (Wildman–Crippen LogP) is 3.30. The van der Waals surface area contributed by atoms with E-state index in [1.165, 1.54) is 30.0 Å². The Morgan fingerprint density at radius 3 is 2.72 bits per heavy atom. The molecule has 2 aromatic rings. The summed E-state index contributed by atoms with van der Waals surface area (Å²) in [5.74, 6) is -0.542. The molecule has 0 aromatic heterocycles. The smallest absolute Gasteiger partial charge is 0.261 e. The fraction of sp³-hybridized carbons (Fsp3) is 0.125. The highest BCUT2D eigenvalue weighted by Gasteiger charge is 2.23. The molecule has 0 saturated heterocycles. The monoisotopic (exact) mass is 396 g/mol. The van der Waals surface area contributed by atoms with Crippen LogP contribution >= 0.6 is 22.4 Å². The fourth-order valence-corrected chi connectivity index (χ4v) is 4.01. The van der Waals surface area contributed by atoms with Crippen molar-refractivity contribution in [1.29, 1.82) is 0 Å². The minimum Gasteiger partial charge on any atom is -0.324 e. The van der Waals surface area contributed by atoms with Crippen LogP contribution in [0.1, 0.15) is 17.3 Å². The summed E-state index contributed by atoms with van der Waals surface area (Å²) in [6.45, 7) is 1.81. The van der Waals surface area contributed by atoms with Gasteiger partial charge in [0.05, 0.1) is 15.8 Å². The summed E-state index contributed by atoms with van der Waals surface area (Å²) in [6.07, 6.45) is 0. The van der Waals surface area contributed by atoms with Gasteiger partial charge in [-0.3, -0.25) is 9.59 Å². The van der Waals surface area contributed by atoms with E-state index in [1.54, 1.807) is 24.3 Å². The van der Waals surface area contributed by atoms with Crippen LogP contribution in [0.3, 0.4) is 0 Å². The third-order valence-corrected chi connectivity index (χ3v) is 6.08. The van der Waals surface area contributed by atoms with Crippen LogP contribution in [0.15, 0.2) is 52.3 Å². The third-order valence-electron chi connectivity index (χ3n) is 3.55. The minimum absolute atomic E-state index is 0.102. The van der Waals surface area contributed by atoms with Crippen molar-refractivity contribution in [1.82, 2.24) is 0 Å². The standard InChI is InChI=1S/C16H13ClN2O4S2/c1-9-15(20)19-13-7-10(5-6-14(13)24-9)16(21)18-11-3-2-4-12(8-11)25(17,22)23/h2-9H,1H3,(H,18,21)(H,19,20). The van der Waals surface area contributed by atoms with Crippen molar-refractivity contribution in [3.05, 3.63) is 48.0 Å². The first kappa shape index (κ1) is 17.8. The molecule has 0 spiro atoms. The van der Waals surface area contributed by atoms with Crippen LogP contribution < -0.4 is 10.6 Å². The van der Waals surface area contributed by atoms with Crippen LogP contribution in [0.25, 0.3) is 0 Å². The van der Waals surface area contributed by atoms with E-state index in [9.17, 15) is 18.0 Å². The summed E-state index contributed by atoms with van der Waals surface area (Å²) in [7, 11) is 1.43. The molecular formula is C16H13ClN2O4S2. The van der Waals surface area contributed by atoms with Crippen molar-refractivity contribution < 1.29 is 18.0 Å². The summed E-state index contributed by atoms with van der Waals surface area (Å²) >= 11 is 1.42. The van der Waals surface area contributed by atoms with Crippen molar-refractivity contribution in [2.24, 2.45) is 0 Å². The lowest BCUT2D eigenvalue weighted by Gasteiger charge is -2.21. The summed E-state index contributed by atoms with van der Waals surface area (Å²) in [4.78, 5) is 24.9. The normalized spacial score (nSPS) is 16.7. The SMILES string of the molecule is CC1Sc2ccc(C(=O)Nc3cccc(S(=O)(=O)Cl)c3)cc2NC1=O. The molecule has 130 valence electrons. The summed E-state index contributed by atoms with van der Waals surface area (Å²) in [5, 5.41) is 5.19. The number of rotatable bonds is 3. The second-order valence-corrected chi connectivity index (χ2v) is 9.33. The third kappa shape index (κ3) is 3.97. The Labute approximate surface area is 153 Å². The first-order valence-electron chi connectivity index (χ1n) is 7.22. The van der Waals surface area contributed by atoms with E-state index in [0.717, 1.165) is 4.90 Å². The highest BCUT2D eigenvalue weighted by Crippen LogP contribution is 2.36. The predicted molar refractivity (Wildman–Crippen MR) is 97.8 cm³/mol. The number of nitrogens with one attached hydrogen (secondary N) is 2. The van der Waals surface area contributed by atoms with Crippen LogP contribution in [-0.4, -0.2) is 25.5 Å². The molecular weight excluding hydrogens is 384 g/mol. The number of carbonyl (C=O) groups is 2. The van der Waals surface area contributed by atoms with Gasteiger partial charge in [0.25, 0.3) is 15.0 Å². The Hall–Kier alpha value is -2.03. The van der Waals surface area contributed by atoms with Gasteiger partial charge in [0.2, 0.25) is 5.91 Å². The van der Waals surface area contributed by atoms with Crippen molar-refractivity contribution >= 4 is 54.7 Å². The van der Waals surface area contributed by atoms with E-state index in [0.29, 0.717) is 16.9 Å². The molecule has 2 N–H and O–H groups in total. The van der Waals surface area contributed by atoms with E-state index in [1.807, 2.05) is 6.92 Å². The molecule has 6 nitrogen and oxygen atoms in total. The van der Waals surface area contributed by atoms with Crippen LogP contribution in [0.2, 0.25) is 0 Å². The first-order valence-corrected chi connectivity index (χ1v) is 10.4.